The average molecular weight is 280 g/mol. The summed E-state index contributed by atoms with van der Waals surface area (Å²) in [4.78, 5) is 4.28. The van der Waals surface area contributed by atoms with E-state index in [2.05, 4.69) is 14.3 Å². The Labute approximate surface area is 111 Å². The molecule has 1 saturated carbocycles. The molecule has 2 aliphatic rings. The summed E-state index contributed by atoms with van der Waals surface area (Å²) in [7, 11) is 1.38. The molecule has 6 nitrogen and oxygen atoms in total. The van der Waals surface area contributed by atoms with Gasteiger partial charge in [0.15, 0.2) is 5.79 Å². The van der Waals surface area contributed by atoms with E-state index in [1.54, 1.807) is 0 Å². The zero-order chi connectivity index (χ0) is 12.8. The molecule has 1 heterocycles. The van der Waals surface area contributed by atoms with E-state index in [0.717, 1.165) is 37.7 Å². The second-order valence-electron chi connectivity index (χ2n) is 4.55. The summed E-state index contributed by atoms with van der Waals surface area (Å²) in [6.45, 7) is 2.74. The Balaban J connectivity index is 1.59. The van der Waals surface area contributed by atoms with Gasteiger partial charge in [0.1, 0.15) is 5.94 Å². The van der Waals surface area contributed by atoms with Crippen LogP contribution in [0, 0.1) is 0 Å². The van der Waals surface area contributed by atoms with Crippen LogP contribution in [0.3, 0.4) is 0 Å². The minimum atomic E-state index is -0.345. The van der Waals surface area contributed by atoms with Crippen molar-refractivity contribution in [2.75, 3.05) is 19.7 Å². The van der Waals surface area contributed by atoms with Crippen molar-refractivity contribution in [1.29, 1.82) is 0 Å². The van der Waals surface area contributed by atoms with Crippen LogP contribution in [0.4, 0.5) is 0 Å². The predicted molar refractivity (Wildman–Crippen MR) is 64.2 cm³/mol. The first kappa shape index (κ1) is 14.5. The molecule has 106 valence electrons. The Kier molecular flexibility index (Phi) is 5.68. The van der Waals surface area contributed by atoms with E-state index in [1.165, 1.54) is 7.11 Å². The third-order valence-electron chi connectivity index (χ3n) is 3.19. The lowest BCUT2D eigenvalue weighted by molar-refractivity contribution is -0.447. The Morgan fingerprint density at radius 3 is 2.72 bits per heavy atom. The maximum atomic E-state index is 5.85. The van der Waals surface area contributed by atoms with Crippen molar-refractivity contribution in [1.82, 2.24) is 0 Å². The number of hydrogen-bond acceptors (Lipinski definition) is 7. The van der Waals surface area contributed by atoms with Gasteiger partial charge in [0.2, 0.25) is 0 Å². The highest BCUT2D eigenvalue weighted by atomic mass is 32.2. The van der Waals surface area contributed by atoms with Gasteiger partial charge in [0.25, 0.3) is 0 Å². The standard InChI is InChI=1S/C11H20O6S/c1-9-7-14-11(15-9)5-3-10(4-6-11)13-8-18-17-16-12-2/h9-10H,3-8H2,1-2H3. The van der Waals surface area contributed by atoms with Gasteiger partial charge < -0.3 is 14.2 Å². The minimum absolute atomic E-state index is 0.206. The first-order chi connectivity index (χ1) is 8.74. The van der Waals surface area contributed by atoms with Gasteiger partial charge in [0, 0.05) is 12.8 Å². The Bertz CT molecular complexity index is 244. The fourth-order valence-electron chi connectivity index (χ4n) is 2.35. The van der Waals surface area contributed by atoms with Gasteiger partial charge in [-0.05, 0) is 19.8 Å². The quantitative estimate of drug-likeness (QED) is 0.243. The molecule has 1 aliphatic heterocycles. The number of ether oxygens (including phenoxy) is 3. The van der Waals surface area contributed by atoms with Crippen molar-refractivity contribution in [3.63, 3.8) is 0 Å². The Morgan fingerprint density at radius 1 is 1.33 bits per heavy atom. The molecule has 1 unspecified atom stereocenters. The fourth-order valence-corrected chi connectivity index (χ4v) is 2.74. The third-order valence-corrected chi connectivity index (χ3v) is 3.57. The summed E-state index contributed by atoms with van der Waals surface area (Å²) >= 11 is 1.06. The molecule has 0 amide bonds. The van der Waals surface area contributed by atoms with E-state index >= 15 is 0 Å². The molecule has 7 heteroatoms. The second-order valence-corrected chi connectivity index (χ2v) is 5.16. The lowest BCUT2D eigenvalue weighted by atomic mass is 9.92. The van der Waals surface area contributed by atoms with Crippen molar-refractivity contribution in [2.24, 2.45) is 0 Å². The molecular formula is C11H20O6S. The molecule has 1 spiro atoms. The Morgan fingerprint density at radius 2 is 2.11 bits per heavy atom. The summed E-state index contributed by atoms with van der Waals surface area (Å²) in [5.41, 5.74) is 0. The van der Waals surface area contributed by atoms with Crippen LogP contribution in [0.5, 0.6) is 0 Å². The van der Waals surface area contributed by atoms with Crippen molar-refractivity contribution in [3.05, 3.63) is 0 Å². The van der Waals surface area contributed by atoms with E-state index in [0.29, 0.717) is 12.5 Å². The summed E-state index contributed by atoms with van der Waals surface area (Å²) in [5, 5.41) is 4.25. The predicted octanol–water partition coefficient (Wildman–Crippen LogP) is 2.19. The van der Waals surface area contributed by atoms with Crippen LogP contribution in [0.25, 0.3) is 0 Å². The van der Waals surface area contributed by atoms with Gasteiger partial charge in [-0.15, -0.1) is 4.33 Å². The highest BCUT2D eigenvalue weighted by Crippen LogP contribution is 2.38. The third kappa shape index (κ3) is 4.06. The van der Waals surface area contributed by atoms with Gasteiger partial charge in [-0.25, -0.2) is 4.89 Å². The van der Waals surface area contributed by atoms with E-state index in [4.69, 9.17) is 14.2 Å². The topological polar surface area (TPSA) is 55.4 Å². The molecule has 1 atom stereocenters. The van der Waals surface area contributed by atoms with Crippen LogP contribution in [-0.2, 0) is 28.5 Å². The smallest absolute Gasteiger partial charge is 0.169 e. The molecule has 0 aromatic carbocycles. The molecule has 0 aromatic heterocycles. The van der Waals surface area contributed by atoms with Gasteiger partial charge >= 0.3 is 0 Å². The van der Waals surface area contributed by atoms with Crippen LogP contribution < -0.4 is 0 Å². The van der Waals surface area contributed by atoms with Crippen molar-refractivity contribution in [2.45, 2.75) is 50.6 Å². The van der Waals surface area contributed by atoms with Crippen molar-refractivity contribution < 1.29 is 28.5 Å². The van der Waals surface area contributed by atoms with E-state index in [1.807, 2.05) is 6.92 Å². The first-order valence-corrected chi connectivity index (χ1v) is 7.07. The summed E-state index contributed by atoms with van der Waals surface area (Å²) < 4.78 is 21.9. The van der Waals surface area contributed by atoms with Gasteiger partial charge in [-0.3, -0.25) is 0 Å². The Hall–Kier alpha value is 0.110. The number of hydrogen-bond donors (Lipinski definition) is 0. The lowest BCUT2D eigenvalue weighted by Gasteiger charge is -2.35. The summed E-state index contributed by atoms with van der Waals surface area (Å²) in [6, 6.07) is 0. The molecule has 0 N–H and O–H groups in total. The summed E-state index contributed by atoms with van der Waals surface area (Å²) in [6.07, 6.45) is 4.11. The first-order valence-electron chi connectivity index (χ1n) is 6.16. The molecule has 2 rings (SSSR count). The van der Waals surface area contributed by atoms with Gasteiger partial charge in [-0.2, -0.15) is 0 Å². The molecule has 1 saturated heterocycles. The van der Waals surface area contributed by atoms with Gasteiger partial charge in [-0.1, -0.05) is 5.04 Å². The normalized spacial score (nSPS) is 36.3. The zero-order valence-electron chi connectivity index (χ0n) is 10.8. The molecular weight excluding hydrogens is 260 g/mol. The van der Waals surface area contributed by atoms with Crippen LogP contribution in [-0.4, -0.2) is 37.7 Å². The molecule has 2 fully saturated rings. The number of rotatable bonds is 6. The van der Waals surface area contributed by atoms with E-state index in [-0.39, 0.29) is 18.0 Å². The molecule has 0 bridgehead atoms. The highest BCUT2D eigenvalue weighted by molar-refractivity contribution is 7.94. The largest absolute Gasteiger partial charge is 0.365 e. The molecule has 0 aromatic rings. The van der Waals surface area contributed by atoms with Crippen LogP contribution in [0.2, 0.25) is 0 Å². The molecule has 1 aliphatic carbocycles. The lowest BCUT2D eigenvalue weighted by Crippen LogP contribution is -2.38. The fraction of sp³-hybridized carbons (Fsp3) is 1.00. The molecule has 0 radical (unpaired) electrons. The average Bonchev–Trinajstić information content (AvgIpc) is 2.73. The maximum absolute atomic E-state index is 5.85. The SMILES string of the molecule is COOOSCOC1CCC2(CC1)OCC(C)O2. The minimum Gasteiger partial charge on any atom is -0.365 e. The maximum Gasteiger partial charge on any atom is 0.169 e. The van der Waals surface area contributed by atoms with E-state index < -0.39 is 0 Å². The van der Waals surface area contributed by atoms with Crippen molar-refractivity contribution >= 4 is 12.0 Å². The second kappa shape index (κ2) is 7.04. The zero-order valence-corrected chi connectivity index (χ0v) is 11.6. The highest BCUT2D eigenvalue weighted by Gasteiger charge is 2.43. The van der Waals surface area contributed by atoms with Crippen LogP contribution in [0.1, 0.15) is 32.6 Å². The van der Waals surface area contributed by atoms with Crippen molar-refractivity contribution in [3.8, 4) is 0 Å². The van der Waals surface area contributed by atoms with E-state index in [9.17, 15) is 0 Å². The summed E-state index contributed by atoms with van der Waals surface area (Å²) in [5.74, 6) is 0.0707. The van der Waals surface area contributed by atoms with Crippen LogP contribution >= 0.6 is 12.0 Å². The molecule has 18 heavy (non-hydrogen) atoms. The van der Waals surface area contributed by atoms with Gasteiger partial charge in [0.05, 0.1) is 38.0 Å². The van der Waals surface area contributed by atoms with Crippen LogP contribution in [0.15, 0.2) is 0 Å². The monoisotopic (exact) mass is 280 g/mol.